The number of unbranched alkanes of at least 4 members (excludes halogenated alkanes) is 17. The minimum atomic E-state index is -0.758. The summed E-state index contributed by atoms with van der Waals surface area (Å²) in [5.41, 5.74) is 0. The van der Waals surface area contributed by atoms with E-state index in [-0.39, 0.29) is 31.1 Å². The van der Waals surface area contributed by atoms with Gasteiger partial charge in [0.2, 0.25) is 0 Å². The van der Waals surface area contributed by atoms with E-state index in [9.17, 15) is 14.4 Å². The second kappa shape index (κ2) is 32.4. The Morgan fingerprint density at radius 1 is 0.467 bits per heavy atom. The van der Waals surface area contributed by atoms with Crippen LogP contribution in [0, 0.1) is 11.8 Å². The molecule has 0 fully saturated rings. The summed E-state index contributed by atoms with van der Waals surface area (Å²) in [4.78, 5) is 37.2. The highest BCUT2D eigenvalue weighted by molar-refractivity contribution is 5.71. The average Bonchev–Trinajstić information content (AvgIpc) is 3.01. The molecule has 0 radical (unpaired) electrons. The van der Waals surface area contributed by atoms with Gasteiger partial charge in [-0.1, -0.05) is 163 Å². The third kappa shape index (κ3) is 32.2. The maximum atomic E-state index is 12.6. The molecule has 0 aliphatic carbocycles. The first-order chi connectivity index (χ1) is 21.8. The van der Waals surface area contributed by atoms with Crippen LogP contribution in [0.1, 0.15) is 202 Å². The van der Waals surface area contributed by atoms with E-state index in [2.05, 4.69) is 34.6 Å². The Hall–Kier alpha value is -1.59. The number of esters is 3. The van der Waals surface area contributed by atoms with Crippen molar-refractivity contribution in [3.63, 3.8) is 0 Å². The van der Waals surface area contributed by atoms with Gasteiger partial charge in [0.1, 0.15) is 13.2 Å². The van der Waals surface area contributed by atoms with Crippen LogP contribution < -0.4 is 0 Å². The summed E-state index contributed by atoms with van der Waals surface area (Å²) in [6.45, 7) is 11.2. The lowest BCUT2D eigenvalue weighted by molar-refractivity contribution is -0.167. The van der Waals surface area contributed by atoms with Gasteiger partial charge >= 0.3 is 17.9 Å². The van der Waals surface area contributed by atoms with Crippen LogP contribution in [0.5, 0.6) is 0 Å². The predicted octanol–water partition coefficient (Wildman–Crippen LogP) is 11.5. The first-order valence-corrected chi connectivity index (χ1v) is 19.3. The molecule has 0 aliphatic rings. The molecule has 0 aliphatic heterocycles. The molecule has 0 saturated carbocycles. The lowest BCUT2D eigenvalue weighted by atomic mass is 9.99. The second-order valence-corrected chi connectivity index (χ2v) is 13.9. The van der Waals surface area contributed by atoms with E-state index >= 15 is 0 Å². The van der Waals surface area contributed by atoms with Gasteiger partial charge in [-0.3, -0.25) is 14.4 Å². The Morgan fingerprint density at radius 3 is 1.27 bits per heavy atom. The Morgan fingerprint density at radius 2 is 0.844 bits per heavy atom. The van der Waals surface area contributed by atoms with Gasteiger partial charge in [-0.05, 0) is 31.1 Å². The van der Waals surface area contributed by atoms with Crippen LogP contribution in [0.15, 0.2) is 0 Å². The van der Waals surface area contributed by atoms with Crippen LogP contribution in [0.4, 0.5) is 0 Å². The molecule has 0 spiro atoms. The zero-order valence-corrected chi connectivity index (χ0v) is 30.5. The van der Waals surface area contributed by atoms with Crippen molar-refractivity contribution >= 4 is 17.9 Å². The summed E-state index contributed by atoms with van der Waals surface area (Å²) in [5.74, 6) is 0.742. The largest absolute Gasteiger partial charge is 0.462 e. The fourth-order valence-electron chi connectivity index (χ4n) is 5.48. The summed E-state index contributed by atoms with van der Waals surface area (Å²) in [6, 6.07) is 0. The molecule has 0 amide bonds. The van der Waals surface area contributed by atoms with Gasteiger partial charge in [-0.2, -0.15) is 0 Å². The first-order valence-electron chi connectivity index (χ1n) is 19.3. The molecular formula is C39H74O6. The molecule has 0 saturated heterocycles. The van der Waals surface area contributed by atoms with Gasteiger partial charge in [-0.25, -0.2) is 0 Å². The molecule has 0 aromatic heterocycles. The lowest BCUT2D eigenvalue weighted by Gasteiger charge is -2.18. The van der Waals surface area contributed by atoms with Crippen molar-refractivity contribution in [2.75, 3.05) is 13.2 Å². The molecule has 0 aromatic carbocycles. The smallest absolute Gasteiger partial charge is 0.306 e. The van der Waals surface area contributed by atoms with Crippen molar-refractivity contribution in [2.45, 2.75) is 208 Å². The van der Waals surface area contributed by atoms with Crippen molar-refractivity contribution in [2.24, 2.45) is 11.8 Å². The summed E-state index contributed by atoms with van der Waals surface area (Å²) in [7, 11) is 0. The van der Waals surface area contributed by atoms with E-state index in [0.717, 1.165) is 76.0 Å². The van der Waals surface area contributed by atoms with Gasteiger partial charge in [0.15, 0.2) is 6.10 Å². The van der Waals surface area contributed by atoms with Crippen molar-refractivity contribution in [1.82, 2.24) is 0 Å². The summed E-state index contributed by atoms with van der Waals surface area (Å²) in [5, 5.41) is 0. The average molecular weight is 639 g/mol. The number of rotatable bonds is 33. The SMILES string of the molecule is CCCCCCCC(=O)OC[C@@H](COC(=O)CCCCCCCCCC(C)C)OC(=O)CCCCCCCCCCC(C)CC. The number of hydrogen-bond acceptors (Lipinski definition) is 6. The first kappa shape index (κ1) is 43.4. The predicted molar refractivity (Wildman–Crippen MR) is 187 cm³/mol. The van der Waals surface area contributed by atoms with Crippen LogP contribution in [0.3, 0.4) is 0 Å². The highest BCUT2D eigenvalue weighted by Crippen LogP contribution is 2.16. The molecule has 2 atom stereocenters. The molecule has 6 heteroatoms. The minimum Gasteiger partial charge on any atom is -0.462 e. The number of carbonyl (C=O) groups is 3. The van der Waals surface area contributed by atoms with Crippen LogP contribution in [0.25, 0.3) is 0 Å². The van der Waals surface area contributed by atoms with Crippen LogP contribution >= 0.6 is 0 Å². The highest BCUT2D eigenvalue weighted by Gasteiger charge is 2.19. The van der Waals surface area contributed by atoms with Crippen LogP contribution in [-0.2, 0) is 28.6 Å². The standard InChI is InChI=1S/C39H74O6/c1-6-8-9-17-24-29-37(40)43-32-36(33-44-38(41)30-25-20-16-12-13-18-22-27-34(3)4)45-39(42)31-26-21-15-11-10-14-19-23-28-35(5)7-2/h34-36H,6-33H2,1-5H3/t35?,36-/m0/s1. The lowest BCUT2D eigenvalue weighted by Crippen LogP contribution is -2.30. The van der Waals surface area contributed by atoms with Gasteiger partial charge in [0.25, 0.3) is 0 Å². The number of carbonyl (C=O) groups excluding carboxylic acids is 3. The second-order valence-electron chi connectivity index (χ2n) is 13.9. The van der Waals surface area contributed by atoms with Crippen molar-refractivity contribution in [3.8, 4) is 0 Å². The van der Waals surface area contributed by atoms with Crippen LogP contribution in [0.2, 0.25) is 0 Å². The monoisotopic (exact) mass is 639 g/mol. The normalized spacial score (nSPS) is 12.7. The Labute approximate surface area is 278 Å². The fourth-order valence-corrected chi connectivity index (χ4v) is 5.48. The Balaban J connectivity index is 4.30. The quantitative estimate of drug-likeness (QED) is 0.0404. The fraction of sp³-hybridized carbons (Fsp3) is 0.923. The van der Waals surface area contributed by atoms with Crippen LogP contribution in [-0.4, -0.2) is 37.2 Å². The third-order valence-electron chi connectivity index (χ3n) is 8.83. The van der Waals surface area contributed by atoms with Gasteiger partial charge in [0.05, 0.1) is 0 Å². The zero-order chi connectivity index (χ0) is 33.4. The van der Waals surface area contributed by atoms with E-state index < -0.39 is 6.10 Å². The van der Waals surface area contributed by atoms with E-state index in [4.69, 9.17) is 14.2 Å². The van der Waals surface area contributed by atoms with E-state index in [1.54, 1.807) is 0 Å². The summed E-state index contributed by atoms with van der Waals surface area (Å²) in [6.07, 6.45) is 26.9. The molecule has 0 rings (SSSR count). The number of ether oxygens (including phenoxy) is 3. The Bertz CT molecular complexity index is 691. The third-order valence-corrected chi connectivity index (χ3v) is 8.83. The highest BCUT2D eigenvalue weighted by atomic mass is 16.6. The molecule has 0 bridgehead atoms. The molecule has 6 nitrogen and oxygen atoms in total. The van der Waals surface area contributed by atoms with Gasteiger partial charge < -0.3 is 14.2 Å². The maximum Gasteiger partial charge on any atom is 0.306 e. The molecule has 1 unspecified atom stereocenters. The molecule has 0 heterocycles. The van der Waals surface area contributed by atoms with Crippen molar-refractivity contribution in [3.05, 3.63) is 0 Å². The Kier molecular flexibility index (Phi) is 31.2. The molecule has 266 valence electrons. The molecule has 0 aromatic rings. The van der Waals surface area contributed by atoms with Crippen molar-refractivity contribution in [1.29, 1.82) is 0 Å². The minimum absolute atomic E-state index is 0.0682. The summed E-state index contributed by atoms with van der Waals surface area (Å²) < 4.78 is 16.5. The van der Waals surface area contributed by atoms with Crippen molar-refractivity contribution < 1.29 is 28.6 Å². The number of hydrogen-bond donors (Lipinski definition) is 0. The van der Waals surface area contributed by atoms with E-state index in [1.807, 2.05) is 0 Å². The topological polar surface area (TPSA) is 78.9 Å². The maximum absolute atomic E-state index is 12.6. The zero-order valence-electron chi connectivity index (χ0n) is 30.5. The van der Waals surface area contributed by atoms with E-state index in [1.165, 1.54) is 83.5 Å². The van der Waals surface area contributed by atoms with E-state index in [0.29, 0.717) is 19.3 Å². The molecular weight excluding hydrogens is 564 g/mol. The van der Waals surface area contributed by atoms with Gasteiger partial charge in [-0.15, -0.1) is 0 Å². The van der Waals surface area contributed by atoms with Gasteiger partial charge in [0, 0.05) is 19.3 Å². The summed E-state index contributed by atoms with van der Waals surface area (Å²) >= 11 is 0. The molecule has 45 heavy (non-hydrogen) atoms. The molecule has 0 N–H and O–H groups in total.